The lowest BCUT2D eigenvalue weighted by atomic mass is 10.2. The van der Waals surface area contributed by atoms with Gasteiger partial charge in [-0.2, -0.15) is 5.10 Å². The van der Waals surface area contributed by atoms with Crippen LogP contribution in [0.3, 0.4) is 0 Å². The summed E-state index contributed by atoms with van der Waals surface area (Å²) >= 11 is 1.48. The highest BCUT2D eigenvalue weighted by atomic mass is 32.1. The monoisotopic (exact) mass is 367 g/mol. The van der Waals surface area contributed by atoms with E-state index in [1.807, 2.05) is 18.4 Å². The average molecular weight is 367 g/mol. The van der Waals surface area contributed by atoms with Crippen LogP contribution >= 0.6 is 11.3 Å². The molecule has 0 bridgehead atoms. The standard InChI is InChI=1S/C19H17N3O3S/c1-13-12-26-19(21-13)22-20-11-14-8-9-16(17(10-14)24-2)25-18(23)15-6-4-3-5-7-15/h3-12H,1-2H3,(H,21,22)/b20-11-. The SMILES string of the molecule is COc1cc(/C=N\Nc2nc(C)cs2)ccc1OC(=O)c1ccccc1. The van der Waals surface area contributed by atoms with Gasteiger partial charge in [-0.05, 0) is 42.8 Å². The number of esters is 1. The van der Waals surface area contributed by atoms with Crippen molar-refractivity contribution in [1.29, 1.82) is 0 Å². The van der Waals surface area contributed by atoms with Crippen molar-refractivity contribution in [1.82, 2.24) is 4.98 Å². The highest BCUT2D eigenvalue weighted by Crippen LogP contribution is 2.28. The fourth-order valence-corrected chi connectivity index (χ4v) is 2.79. The maximum atomic E-state index is 12.2. The van der Waals surface area contributed by atoms with Crippen molar-refractivity contribution in [3.8, 4) is 11.5 Å². The smallest absolute Gasteiger partial charge is 0.343 e. The predicted molar refractivity (Wildman–Crippen MR) is 102 cm³/mol. The fraction of sp³-hybridized carbons (Fsp3) is 0.105. The van der Waals surface area contributed by atoms with Crippen LogP contribution in [-0.4, -0.2) is 24.3 Å². The van der Waals surface area contributed by atoms with Crippen LogP contribution in [0.25, 0.3) is 0 Å². The zero-order valence-corrected chi connectivity index (χ0v) is 15.1. The van der Waals surface area contributed by atoms with Gasteiger partial charge in [0.2, 0.25) is 5.13 Å². The van der Waals surface area contributed by atoms with Crippen LogP contribution in [0.1, 0.15) is 21.6 Å². The van der Waals surface area contributed by atoms with Crippen molar-refractivity contribution in [2.45, 2.75) is 6.92 Å². The van der Waals surface area contributed by atoms with E-state index < -0.39 is 5.97 Å². The minimum Gasteiger partial charge on any atom is -0.493 e. The molecular formula is C19H17N3O3S. The van der Waals surface area contributed by atoms with Crippen LogP contribution in [-0.2, 0) is 0 Å². The Bertz CT molecular complexity index is 923. The Balaban J connectivity index is 1.70. The number of aryl methyl sites for hydroxylation is 1. The van der Waals surface area contributed by atoms with Gasteiger partial charge in [-0.3, -0.25) is 5.43 Å². The molecule has 0 aliphatic rings. The number of methoxy groups -OCH3 is 1. The van der Waals surface area contributed by atoms with Crippen LogP contribution in [0, 0.1) is 6.92 Å². The molecule has 1 N–H and O–H groups in total. The normalized spacial score (nSPS) is 10.7. The molecule has 0 saturated carbocycles. The van der Waals surface area contributed by atoms with E-state index in [0.29, 0.717) is 17.1 Å². The summed E-state index contributed by atoms with van der Waals surface area (Å²) in [6, 6.07) is 14.0. The molecule has 132 valence electrons. The second-order valence-electron chi connectivity index (χ2n) is 5.33. The van der Waals surface area contributed by atoms with Gasteiger partial charge in [-0.15, -0.1) is 11.3 Å². The lowest BCUT2D eigenvalue weighted by Crippen LogP contribution is -2.09. The number of hydrogen-bond acceptors (Lipinski definition) is 7. The van der Waals surface area contributed by atoms with E-state index in [1.165, 1.54) is 18.4 Å². The maximum Gasteiger partial charge on any atom is 0.343 e. The Morgan fingerprint density at radius 3 is 2.69 bits per heavy atom. The van der Waals surface area contributed by atoms with Gasteiger partial charge < -0.3 is 9.47 Å². The zero-order valence-electron chi connectivity index (χ0n) is 14.3. The summed E-state index contributed by atoms with van der Waals surface area (Å²) in [7, 11) is 1.52. The molecule has 0 atom stereocenters. The second kappa shape index (κ2) is 8.26. The van der Waals surface area contributed by atoms with Crippen molar-refractivity contribution in [3.05, 3.63) is 70.7 Å². The summed E-state index contributed by atoms with van der Waals surface area (Å²) < 4.78 is 10.7. The minimum atomic E-state index is -0.439. The van der Waals surface area contributed by atoms with Crippen molar-refractivity contribution in [3.63, 3.8) is 0 Å². The molecule has 3 aromatic rings. The number of anilines is 1. The Morgan fingerprint density at radius 2 is 2.00 bits per heavy atom. The Kier molecular flexibility index (Phi) is 5.60. The summed E-state index contributed by atoms with van der Waals surface area (Å²) in [6.07, 6.45) is 1.64. The Hall–Kier alpha value is -3.19. The number of benzene rings is 2. The minimum absolute atomic E-state index is 0.349. The number of thiazole rings is 1. The lowest BCUT2D eigenvalue weighted by Gasteiger charge is -2.09. The van der Waals surface area contributed by atoms with Gasteiger partial charge in [-0.25, -0.2) is 9.78 Å². The van der Waals surface area contributed by atoms with Crippen molar-refractivity contribution in [2.75, 3.05) is 12.5 Å². The maximum absolute atomic E-state index is 12.2. The third kappa shape index (κ3) is 4.46. The second-order valence-corrected chi connectivity index (χ2v) is 6.19. The molecule has 2 aromatic carbocycles. The van der Waals surface area contributed by atoms with E-state index in [9.17, 15) is 4.79 Å². The highest BCUT2D eigenvalue weighted by Gasteiger charge is 2.12. The first-order valence-corrected chi connectivity index (χ1v) is 8.70. The van der Waals surface area contributed by atoms with Crippen LogP contribution < -0.4 is 14.9 Å². The number of hydrogen-bond donors (Lipinski definition) is 1. The summed E-state index contributed by atoms with van der Waals surface area (Å²) in [6.45, 7) is 1.92. The quantitative estimate of drug-likeness (QED) is 0.307. The molecular weight excluding hydrogens is 350 g/mol. The zero-order chi connectivity index (χ0) is 18.4. The Morgan fingerprint density at radius 1 is 1.19 bits per heavy atom. The third-order valence-corrected chi connectivity index (χ3v) is 4.26. The predicted octanol–water partition coefficient (Wildman–Crippen LogP) is 4.13. The number of hydrazone groups is 1. The van der Waals surface area contributed by atoms with E-state index in [2.05, 4.69) is 15.5 Å². The van der Waals surface area contributed by atoms with Crippen LogP contribution in [0.4, 0.5) is 5.13 Å². The van der Waals surface area contributed by atoms with Gasteiger partial charge in [0, 0.05) is 5.38 Å². The van der Waals surface area contributed by atoms with Gasteiger partial charge in [0.15, 0.2) is 11.5 Å². The van der Waals surface area contributed by atoms with Gasteiger partial charge in [-0.1, -0.05) is 18.2 Å². The topological polar surface area (TPSA) is 72.8 Å². The molecule has 0 aliphatic heterocycles. The highest BCUT2D eigenvalue weighted by molar-refractivity contribution is 7.13. The molecule has 0 unspecified atom stereocenters. The fourth-order valence-electron chi connectivity index (χ4n) is 2.15. The molecule has 0 aliphatic carbocycles. The summed E-state index contributed by atoms with van der Waals surface area (Å²) in [4.78, 5) is 16.4. The average Bonchev–Trinajstić information content (AvgIpc) is 3.08. The van der Waals surface area contributed by atoms with E-state index in [0.717, 1.165) is 16.4 Å². The van der Waals surface area contributed by atoms with E-state index in [-0.39, 0.29) is 0 Å². The molecule has 0 radical (unpaired) electrons. The number of nitrogens with zero attached hydrogens (tertiary/aromatic N) is 2. The van der Waals surface area contributed by atoms with Crippen molar-refractivity contribution >= 4 is 28.7 Å². The first kappa shape index (κ1) is 17.6. The van der Waals surface area contributed by atoms with Gasteiger partial charge in [0.05, 0.1) is 24.6 Å². The third-order valence-electron chi connectivity index (χ3n) is 3.39. The van der Waals surface area contributed by atoms with Crippen molar-refractivity contribution in [2.24, 2.45) is 5.10 Å². The largest absolute Gasteiger partial charge is 0.493 e. The van der Waals surface area contributed by atoms with Crippen LogP contribution in [0.5, 0.6) is 11.5 Å². The van der Waals surface area contributed by atoms with E-state index >= 15 is 0 Å². The summed E-state index contributed by atoms with van der Waals surface area (Å²) in [5, 5.41) is 6.81. The molecule has 0 saturated heterocycles. The molecule has 1 aromatic heterocycles. The van der Waals surface area contributed by atoms with Crippen molar-refractivity contribution < 1.29 is 14.3 Å². The number of ether oxygens (including phenoxy) is 2. The number of carbonyl (C=O) groups is 1. The summed E-state index contributed by atoms with van der Waals surface area (Å²) in [5.74, 6) is 0.358. The number of rotatable bonds is 6. The number of nitrogens with one attached hydrogen (secondary N) is 1. The molecule has 0 spiro atoms. The van der Waals surface area contributed by atoms with E-state index in [4.69, 9.17) is 9.47 Å². The molecule has 6 nitrogen and oxygen atoms in total. The van der Waals surface area contributed by atoms with Gasteiger partial charge in [0.1, 0.15) is 0 Å². The van der Waals surface area contributed by atoms with Crippen LogP contribution in [0.2, 0.25) is 0 Å². The lowest BCUT2D eigenvalue weighted by molar-refractivity contribution is 0.0729. The number of aromatic nitrogens is 1. The summed E-state index contributed by atoms with van der Waals surface area (Å²) in [5.41, 5.74) is 5.08. The number of carbonyl (C=O) groups excluding carboxylic acids is 1. The molecule has 0 amide bonds. The molecule has 0 fully saturated rings. The first-order valence-electron chi connectivity index (χ1n) is 7.82. The first-order chi connectivity index (χ1) is 12.7. The molecule has 1 heterocycles. The van der Waals surface area contributed by atoms with Crippen LogP contribution in [0.15, 0.2) is 59.0 Å². The molecule has 26 heavy (non-hydrogen) atoms. The Labute approximate surface area is 155 Å². The molecule has 7 heteroatoms. The van der Waals surface area contributed by atoms with Gasteiger partial charge in [0.25, 0.3) is 0 Å². The van der Waals surface area contributed by atoms with Gasteiger partial charge >= 0.3 is 5.97 Å². The van der Waals surface area contributed by atoms with E-state index in [1.54, 1.807) is 48.7 Å². The molecule has 3 rings (SSSR count).